The molecule has 0 aliphatic carbocycles. The second-order valence-corrected chi connectivity index (χ2v) is 11.0. The number of benzene rings is 2. The topological polar surface area (TPSA) is 66.8 Å². The first-order valence-electron chi connectivity index (χ1n) is 8.59. The molecule has 5 nitrogen and oxygen atoms in total. The lowest BCUT2D eigenvalue weighted by Crippen LogP contribution is -2.38. The Labute approximate surface area is 175 Å². The number of carbonyl (C=O) groups is 1. The largest absolute Gasteiger partial charge is 0.313 e. The summed E-state index contributed by atoms with van der Waals surface area (Å²) in [6, 6.07) is 13.4. The molecule has 0 aromatic heterocycles. The molecule has 9 heteroatoms. The fourth-order valence-electron chi connectivity index (χ4n) is 3.44. The van der Waals surface area contributed by atoms with Crippen LogP contribution in [0, 0.1) is 5.82 Å². The van der Waals surface area contributed by atoms with Gasteiger partial charge < -0.3 is 4.90 Å². The van der Waals surface area contributed by atoms with Gasteiger partial charge in [0.25, 0.3) is 5.91 Å². The van der Waals surface area contributed by atoms with Gasteiger partial charge in [-0.05, 0) is 23.8 Å². The van der Waals surface area contributed by atoms with Crippen molar-refractivity contribution in [2.45, 2.75) is 17.7 Å². The zero-order valence-corrected chi connectivity index (χ0v) is 17.8. The van der Waals surface area contributed by atoms with Gasteiger partial charge in [0.15, 0.2) is 15.0 Å². The minimum atomic E-state index is -3.20. The van der Waals surface area contributed by atoms with Crippen LogP contribution >= 0.6 is 27.7 Å². The van der Waals surface area contributed by atoms with E-state index < -0.39 is 21.7 Å². The van der Waals surface area contributed by atoms with Gasteiger partial charge in [-0.2, -0.15) is 4.99 Å². The molecule has 2 fully saturated rings. The Morgan fingerprint density at radius 1 is 1.21 bits per heavy atom. The number of rotatable bonds is 3. The maximum Gasteiger partial charge on any atom is 0.252 e. The number of thioether (sulfide) groups is 1. The average molecular weight is 483 g/mol. The molecule has 2 heterocycles. The van der Waals surface area contributed by atoms with E-state index in [1.54, 1.807) is 17.0 Å². The molecule has 2 aromatic rings. The number of carbonyl (C=O) groups excluding carboxylic acids is 1. The maximum atomic E-state index is 14.6. The quantitative estimate of drug-likeness (QED) is 0.670. The van der Waals surface area contributed by atoms with Crippen molar-refractivity contribution in [1.82, 2.24) is 0 Å². The van der Waals surface area contributed by atoms with Crippen LogP contribution in [0.25, 0.3) is 0 Å². The first-order chi connectivity index (χ1) is 13.3. The number of anilines is 1. The van der Waals surface area contributed by atoms with Gasteiger partial charge in [-0.25, -0.2) is 12.8 Å². The van der Waals surface area contributed by atoms with E-state index in [1.165, 1.54) is 17.8 Å². The molecular weight excluding hydrogens is 467 g/mol. The van der Waals surface area contributed by atoms with E-state index in [-0.39, 0.29) is 34.8 Å². The van der Waals surface area contributed by atoms with E-state index in [9.17, 15) is 17.6 Å². The second kappa shape index (κ2) is 7.61. The summed E-state index contributed by atoms with van der Waals surface area (Å²) in [6.45, 7) is 0. The van der Waals surface area contributed by atoms with Gasteiger partial charge in [0.2, 0.25) is 0 Å². The van der Waals surface area contributed by atoms with Crippen LogP contribution in [-0.4, -0.2) is 42.3 Å². The van der Waals surface area contributed by atoms with Crippen LogP contribution in [0.3, 0.4) is 0 Å². The Morgan fingerprint density at radius 2 is 1.96 bits per heavy atom. The van der Waals surface area contributed by atoms with Crippen molar-refractivity contribution in [2.75, 3.05) is 16.4 Å². The fraction of sp³-hybridized carbons (Fsp3) is 0.263. The smallest absolute Gasteiger partial charge is 0.252 e. The van der Waals surface area contributed by atoms with Crippen molar-refractivity contribution >= 4 is 54.3 Å². The minimum Gasteiger partial charge on any atom is -0.313 e. The van der Waals surface area contributed by atoms with E-state index in [2.05, 4.69) is 20.9 Å². The molecule has 0 spiro atoms. The standard InChI is InChI=1S/C19H16BrFN2O3S2/c20-13-6-7-15(14(21)9-13)23-16-10-28(25,26)11-17(16)27-19(23)22-18(24)8-12-4-2-1-3-5-12/h1-7,9,16-17H,8,10-11H2/t16-,17+/m0/s1. The summed E-state index contributed by atoms with van der Waals surface area (Å²) in [6.07, 6.45) is 0.134. The second-order valence-electron chi connectivity index (χ2n) is 6.72. The lowest BCUT2D eigenvalue weighted by Gasteiger charge is -2.25. The molecular formula is C19H16BrFN2O3S2. The van der Waals surface area contributed by atoms with E-state index in [0.29, 0.717) is 9.64 Å². The number of amidine groups is 1. The Kier molecular flexibility index (Phi) is 5.32. The van der Waals surface area contributed by atoms with Gasteiger partial charge in [-0.15, -0.1) is 0 Å². The molecule has 2 atom stereocenters. The summed E-state index contributed by atoms with van der Waals surface area (Å²) in [7, 11) is -3.20. The van der Waals surface area contributed by atoms with Gasteiger partial charge >= 0.3 is 0 Å². The molecule has 2 aliphatic heterocycles. The summed E-state index contributed by atoms with van der Waals surface area (Å²) in [4.78, 5) is 18.3. The van der Waals surface area contributed by atoms with E-state index in [1.807, 2.05) is 30.3 Å². The third-order valence-electron chi connectivity index (χ3n) is 4.65. The van der Waals surface area contributed by atoms with Crippen molar-refractivity contribution in [3.8, 4) is 0 Å². The van der Waals surface area contributed by atoms with Crippen molar-refractivity contribution in [1.29, 1.82) is 0 Å². The van der Waals surface area contributed by atoms with Gasteiger partial charge in [-0.1, -0.05) is 58.0 Å². The van der Waals surface area contributed by atoms with Crippen LogP contribution in [0.5, 0.6) is 0 Å². The SMILES string of the molecule is O=C(Cc1ccccc1)N=C1S[C@@H]2CS(=O)(=O)C[C@@H]2N1c1ccc(Br)cc1F. The minimum absolute atomic E-state index is 0.00285. The maximum absolute atomic E-state index is 14.6. The number of halogens is 2. The molecule has 146 valence electrons. The zero-order valence-electron chi connectivity index (χ0n) is 14.6. The summed E-state index contributed by atoms with van der Waals surface area (Å²) in [5.41, 5.74) is 1.07. The number of fused-ring (bicyclic) bond motifs is 1. The molecule has 1 amide bonds. The van der Waals surface area contributed by atoms with Crippen LogP contribution in [0.15, 0.2) is 58.0 Å². The van der Waals surface area contributed by atoms with E-state index in [0.717, 1.165) is 5.56 Å². The molecule has 2 aromatic carbocycles. The molecule has 2 saturated heterocycles. The normalized spacial score (nSPS) is 24.5. The molecule has 0 unspecified atom stereocenters. The highest BCUT2D eigenvalue weighted by molar-refractivity contribution is 9.10. The first kappa shape index (κ1) is 19.6. The average Bonchev–Trinajstić information content (AvgIpc) is 3.07. The molecule has 2 aliphatic rings. The number of hydrogen-bond donors (Lipinski definition) is 0. The molecule has 0 bridgehead atoms. The highest BCUT2D eigenvalue weighted by Gasteiger charge is 2.50. The highest BCUT2D eigenvalue weighted by atomic mass is 79.9. The summed E-state index contributed by atoms with van der Waals surface area (Å²) >= 11 is 4.46. The van der Waals surface area contributed by atoms with Crippen molar-refractivity contribution < 1.29 is 17.6 Å². The summed E-state index contributed by atoms with van der Waals surface area (Å²) < 4.78 is 39.4. The van der Waals surface area contributed by atoms with Crippen LogP contribution in [0.2, 0.25) is 0 Å². The summed E-state index contributed by atoms with van der Waals surface area (Å²) in [5, 5.41) is 0.0865. The van der Waals surface area contributed by atoms with Crippen molar-refractivity contribution in [3.63, 3.8) is 0 Å². The molecule has 0 saturated carbocycles. The Hall–Kier alpha value is -1.71. The van der Waals surface area contributed by atoms with Crippen LogP contribution < -0.4 is 4.90 Å². The van der Waals surface area contributed by atoms with Gasteiger partial charge in [0, 0.05) is 9.72 Å². The van der Waals surface area contributed by atoms with E-state index >= 15 is 0 Å². The fourth-order valence-corrected chi connectivity index (χ4v) is 7.70. The van der Waals surface area contributed by atoms with Gasteiger partial charge in [0.1, 0.15) is 5.82 Å². The highest BCUT2D eigenvalue weighted by Crippen LogP contribution is 2.42. The van der Waals surface area contributed by atoms with Crippen molar-refractivity contribution in [3.05, 3.63) is 64.4 Å². The third-order valence-corrected chi connectivity index (χ3v) is 8.36. The molecule has 0 N–H and O–H groups in total. The van der Waals surface area contributed by atoms with Crippen molar-refractivity contribution in [2.24, 2.45) is 4.99 Å². The number of aliphatic imine (C=N–C) groups is 1. The molecule has 28 heavy (non-hydrogen) atoms. The van der Waals surface area contributed by atoms with Gasteiger partial charge in [-0.3, -0.25) is 4.79 Å². The van der Waals surface area contributed by atoms with Crippen LogP contribution in [0.1, 0.15) is 5.56 Å². The van der Waals surface area contributed by atoms with Gasteiger partial charge in [0.05, 0.1) is 29.7 Å². The Balaban J connectivity index is 1.68. The number of nitrogens with zero attached hydrogens (tertiary/aromatic N) is 2. The molecule has 4 rings (SSSR count). The number of sulfone groups is 1. The lowest BCUT2D eigenvalue weighted by atomic mass is 10.1. The number of amides is 1. The predicted octanol–water partition coefficient (Wildman–Crippen LogP) is 3.43. The van der Waals surface area contributed by atoms with Crippen LogP contribution in [0.4, 0.5) is 10.1 Å². The Morgan fingerprint density at radius 3 is 2.68 bits per heavy atom. The lowest BCUT2D eigenvalue weighted by molar-refractivity contribution is -0.117. The van der Waals surface area contributed by atoms with Crippen LogP contribution in [-0.2, 0) is 21.1 Å². The van der Waals surface area contributed by atoms with E-state index in [4.69, 9.17) is 0 Å². The third kappa shape index (κ3) is 4.01. The number of hydrogen-bond acceptors (Lipinski definition) is 4. The zero-order chi connectivity index (χ0) is 19.9. The molecule has 0 radical (unpaired) electrons. The predicted molar refractivity (Wildman–Crippen MR) is 113 cm³/mol. The first-order valence-corrected chi connectivity index (χ1v) is 12.1. The Bertz CT molecular complexity index is 1060. The monoisotopic (exact) mass is 482 g/mol. The summed E-state index contributed by atoms with van der Waals surface area (Å²) in [5.74, 6) is -0.920.